The molecule has 29 nitrogen and oxygen atoms in total. The van der Waals surface area contributed by atoms with E-state index in [4.69, 9.17) is 116 Å². The largest absolute Gasteiger partial charge is 0.483 e. The molecule has 16 N–H and O–H groups in total. The summed E-state index contributed by atoms with van der Waals surface area (Å²) in [6.07, 6.45) is 0.250. The summed E-state index contributed by atoms with van der Waals surface area (Å²) in [7, 11) is 1.00. The van der Waals surface area contributed by atoms with Gasteiger partial charge in [0.1, 0.15) is 0 Å². The van der Waals surface area contributed by atoms with E-state index in [1.165, 1.54) is 0 Å². The van der Waals surface area contributed by atoms with Gasteiger partial charge in [0, 0.05) is 61.6 Å². The Balaban J connectivity index is -0.00000000516. The minimum absolute atomic E-state index is 0. The molecule has 0 unspecified atom stereocenters. The van der Waals surface area contributed by atoms with Crippen molar-refractivity contribution < 1.29 is 126 Å². The van der Waals surface area contributed by atoms with Crippen LogP contribution in [-0.4, -0.2) is 129 Å². The molecule has 0 bridgehead atoms. The van der Waals surface area contributed by atoms with Crippen LogP contribution in [0.15, 0.2) is 0 Å². The van der Waals surface area contributed by atoms with Crippen molar-refractivity contribution in [3.63, 3.8) is 0 Å². The first-order valence-corrected chi connectivity index (χ1v) is 7.54. The van der Waals surface area contributed by atoms with Gasteiger partial charge < -0.3 is 51.4 Å². The van der Waals surface area contributed by atoms with E-state index in [2.05, 4.69) is 9.78 Å². The fourth-order valence-corrected chi connectivity index (χ4v) is 0. The molecule has 0 saturated heterocycles. The molecule has 0 atom stereocenters. The summed E-state index contributed by atoms with van der Waals surface area (Å²) in [4.78, 5) is 113. The SMILES string of the molecule is C.C.C.C.C.C.C.C.C.C.C.C.C.C.C.CC(=O)O.CC(=O)O.CC(=O)O.CC(=O)OO.CC(=O)OO.CO.O.O.O=C=O.O=CO.O=CO.O=O.O=O.OO.OO. The normalized spacial score (nSPS) is 3.47. The van der Waals surface area contributed by atoms with Crippen molar-refractivity contribution >= 4 is 48.9 Å². The van der Waals surface area contributed by atoms with E-state index in [0.29, 0.717) is 0 Å². The minimum Gasteiger partial charge on any atom is -0.483 e. The summed E-state index contributed by atoms with van der Waals surface area (Å²) in [5.41, 5.74) is 0. The van der Waals surface area contributed by atoms with E-state index < -0.39 is 29.8 Å². The molecule has 0 saturated carbocycles. The molecule has 0 aliphatic heterocycles. The minimum atomic E-state index is -0.833. The monoisotopic (exact) mass is 909 g/mol. The first-order valence-electron chi connectivity index (χ1n) is 7.54. The van der Waals surface area contributed by atoms with Crippen molar-refractivity contribution in [1.82, 2.24) is 0 Å². The molecule has 0 amide bonds. The van der Waals surface area contributed by atoms with Gasteiger partial charge in [0.2, 0.25) is 0 Å². The number of carbonyl (C=O) groups is 7. The van der Waals surface area contributed by atoms with Crippen molar-refractivity contribution in [1.29, 1.82) is 0 Å². The Labute approximate surface area is 348 Å². The number of carbonyl (C=O) groups excluding carboxylic acids is 4. The quantitative estimate of drug-likeness (QED) is 0.0674. The van der Waals surface area contributed by atoms with Gasteiger partial charge in [-0.05, 0) is 0 Å². The summed E-state index contributed by atoms with van der Waals surface area (Å²) < 4.78 is 0. The smallest absolute Gasteiger partial charge is 0.373 e. The van der Waals surface area contributed by atoms with Crippen LogP contribution in [0.5, 0.6) is 0 Å². The molecule has 0 aromatic rings. The maximum atomic E-state index is 9.34. The highest BCUT2D eigenvalue weighted by atomic mass is 17.1. The maximum Gasteiger partial charge on any atom is 0.373 e. The van der Waals surface area contributed by atoms with Gasteiger partial charge >= 0.3 is 18.1 Å². The molecule has 0 aliphatic carbocycles. The van der Waals surface area contributed by atoms with Gasteiger partial charge in [0.15, 0.2) is 0 Å². The number of carboxylic acid groups (broad SMARTS) is 5. The summed E-state index contributed by atoms with van der Waals surface area (Å²) in [6, 6.07) is 0. The molecule has 0 aromatic heterocycles. The summed E-state index contributed by atoms with van der Waals surface area (Å²) in [5.74, 6) is -3.88. The van der Waals surface area contributed by atoms with E-state index in [9.17, 15) is 9.59 Å². The number of carboxylic acids is 3. The van der Waals surface area contributed by atoms with Gasteiger partial charge in [0.05, 0.1) is 0 Å². The van der Waals surface area contributed by atoms with Crippen LogP contribution in [0.3, 0.4) is 0 Å². The van der Waals surface area contributed by atoms with Crippen molar-refractivity contribution in [2.24, 2.45) is 0 Å². The van der Waals surface area contributed by atoms with Gasteiger partial charge in [-0.15, -0.1) is 0 Å². The van der Waals surface area contributed by atoms with Crippen molar-refractivity contribution in [2.45, 2.75) is 146 Å². The van der Waals surface area contributed by atoms with E-state index in [-0.39, 0.29) is 141 Å². The first-order chi connectivity index (χ1) is 19.0. The second kappa shape index (κ2) is 624. The molecule has 386 valence electrons. The van der Waals surface area contributed by atoms with Crippen LogP contribution in [-0.2, 0) is 52.9 Å². The lowest BCUT2D eigenvalue weighted by Crippen LogP contribution is -1.89. The van der Waals surface area contributed by atoms with Crippen molar-refractivity contribution in [3.8, 4) is 0 Å². The molecule has 0 heterocycles. The summed E-state index contributed by atoms with van der Waals surface area (Å²) in [5, 5.41) is 81.6. The fraction of sp³-hybridized carbons (Fsp3) is 0.724. The second-order valence-corrected chi connectivity index (χ2v) is 3.02. The molecule has 58 heavy (non-hydrogen) atoms. The molecule has 0 rings (SSSR count). The average Bonchev–Trinajstić information content (AvgIpc) is 2.91. The van der Waals surface area contributed by atoms with Crippen LogP contribution in [0, 0.1) is 19.9 Å². The van der Waals surface area contributed by atoms with Crippen LogP contribution in [0.4, 0.5) is 0 Å². The van der Waals surface area contributed by atoms with Crippen LogP contribution >= 0.6 is 0 Å². The first kappa shape index (κ1) is 275. The van der Waals surface area contributed by atoms with E-state index >= 15 is 0 Å². The van der Waals surface area contributed by atoms with Gasteiger partial charge in [-0.2, -0.15) is 20.1 Å². The molecular weight excluding hydrogens is 812 g/mol. The van der Waals surface area contributed by atoms with E-state index in [1.807, 2.05) is 0 Å². The Bertz CT molecular complexity index is 470. The van der Waals surface area contributed by atoms with Gasteiger partial charge in [-0.1, -0.05) is 111 Å². The Hall–Kier alpha value is -5.49. The maximum absolute atomic E-state index is 9.34. The lowest BCUT2D eigenvalue weighted by Gasteiger charge is -1.76. The zero-order valence-corrected chi connectivity index (χ0v) is 22.6. The number of hydrogen-bond acceptors (Lipinski definition) is 22. The second-order valence-electron chi connectivity index (χ2n) is 3.02. The van der Waals surface area contributed by atoms with Gasteiger partial charge in [-0.25, -0.2) is 9.59 Å². The predicted molar refractivity (Wildman–Crippen MR) is 231 cm³/mol. The van der Waals surface area contributed by atoms with Crippen molar-refractivity contribution in [3.05, 3.63) is 19.9 Å². The van der Waals surface area contributed by atoms with E-state index in [0.717, 1.165) is 41.7 Å². The zero-order chi connectivity index (χ0) is 37.4. The molecular formula is C29H96O29. The average molecular weight is 909 g/mol. The van der Waals surface area contributed by atoms with Crippen molar-refractivity contribution in [2.75, 3.05) is 7.11 Å². The number of aliphatic hydroxyl groups is 1. The number of rotatable bonds is 0. The summed E-state index contributed by atoms with van der Waals surface area (Å²) >= 11 is 0. The van der Waals surface area contributed by atoms with Crippen LogP contribution < -0.4 is 0 Å². The highest BCUT2D eigenvalue weighted by molar-refractivity contribution is 5.65. The third kappa shape index (κ3) is 55800. The van der Waals surface area contributed by atoms with Crippen LogP contribution in [0.2, 0.25) is 0 Å². The number of aliphatic hydroxyl groups excluding tert-OH is 1. The summed E-state index contributed by atoms with van der Waals surface area (Å²) in [6.45, 7) is 4.97. The Morgan fingerprint density at radius 1 is 0.414 bits per heavy atom. The lowest BCUT2D eigenvalue weighted by atomic mass is 10.9. The van der Waals surface area contributed by atoms with Gasteiger partial charge in [-0.3, -0.25) is 45.0 Å². The molecule has 29 heteroatoms. The molecule has 0 aliphatic rings. The highest BCUT2D eigenvalue weighted by Crippen LogP contribution is 1.60. The topological polar surface area (TPSA) is 546 Å². The van der Waals surface area contributed by atoms with Gasteiger partial charge in [0.25, 0.3) is 30.9 Å². The zero-order valence-electron chi connectivity index (χ0n) is 22.6. The van der Waals surface area contributed by atoms with Crippen LogP contribution in [0.25, 0.3) is 0 Å². The molecule has 0 spiro atoms. The standard InChI is InChI=1S/2C2H4O3.3C2H4O2.2CH2O2.CO2.CH4O.15CH4.2H2O2.2O2.2H2O/c2*1-2(3)5-4;3*1-2(3)4;3*2-1-3;1-2;;;;;;;;;;;;;;;;4*1-2;;/h2*4H,1H3;3*1H3,(H,3,4);2*1H,(H,2,3);;2H,1H3;15*1H4;2*1-2H;;;2*1H2. The highest BCUT2D eigenvalue weighted by Gasteiger charge is 1.79. The Morgan fingerprint density at radius 2 is 0.431 bits per heavy atom. The number of aliphatic carboxylic acids is 3. The Morgan fingerprint density at radius 3 is 0.431 bits per heavy atom. The molecule has 0 aromatic carbocycles. The number of hydrogen-bond donors (Lipinski definition) is 12. The third-order valence-corrected chi connectivity index (χ3v) is 0.257. The lowest BCUT2D eigenvalue weighted by molar-refractivity contribution is -0.231. The van der Waals surface area contributed by atoms with E-state index in [1.54, 1.807) is 0 Å². The third-order valence-electron chi connectivity index (χ3n) is 0.257. The molecule has 0 fully saturated rings. The Kier molecular flexibility index (Phi) is 2960. The van der Waals surface area contributed by atoms with Crippen LogP contribution in [0.1, 0.15) is 146 Å². The fourth-order valence-electron chi connectivity index (χ4n) is 0. The molecule has 0 radical (unpaired) electrons. The predicted octanol–water partition coefficient (Wildman–Crippen LogP) is 6.81.